The molecule has 1 amide bonds. The third-order valence-corrected chi connectivity index (χ3v) is 3.21. The SMILES string of the molecule is Cc1ccc(NC(=O)C2(N)CCOCC2)c(F)c1. The first kappa shape index (κ1) is 13.0. The van der Waals surface area contributed by atoms with Crippen molar-refractivity contribution in [3.63, 3.8) is 0 Å². The Hall–Kier alpha value is -1.46. The zero-order chi connectivity index (χ0) is 13.2. The fourth-order valence-electron chi connectivity index (χ4n) is 1.93. The predicted molar refractivity (Wildman–Crippen MR) is 66.7 cm³/mol. The molecule has 0 saturated carbocycles. The van der Waals surface area contributed by atoms with Crippen molar-refractivity contribution in [1.82, 2.24) is 0 Å². The van der Waals surface area contributed by atoms with Gasteiger partial charge in [-0.1, -0.05) is 6.07 Å². The van der Waals surface area contributed by atoms with Crippen LogP contribution in [0, 0.1) is 12.7 Å². The van der Waals surface area contributed by atoms with E-state index in [1.165, 1.54) is 6.07 Å². The molecule has 1 fully saturated rings. The summed E-state index contributed by atoms with van der Waals surface area (Å²) < 4.78 is 18.8. The van der Waals surface area contributed by atoms with Crippen LogP contribution in [0.15, 0.2) is 18.2 Å². The summed E-state index contributed by atoms with van der Waals surface area (Å²) in [5, 5.41) is 2.55. The van der Waals surface area contributed by atoms with Crippen molar-refractivity contribution >= 4 is 11.6 Å². The van der Waals surface area contributed by atoms with E-state index in [-0.39, 0.29) is 11.6 Å². The molecule has 0 bridgehead atoms. The van der Waals surface area contributed by atoms with Crippen molar-refractivity contribution in [3.05, 3.63) is 29.6 Å². The van der Waals surface area contributed by atoms with Crippen LogP contribution in [0.1, 0.15) is 18.4 Å². The Morgan fingerprint density at radius 1 is 1.44 bits per heavy atom. The number of aryl methyl sites for hydroxylation is 1. The van der Waals surface area contributed by atoms with Crippen LogP contribution in [0.3, 0.4) is 0 Å². The molecule has 0 atom stereocenters. The summed E-state index contributed by atoms with van der Waals surface area (Å²) in [6, 6.07) is 4.67. The van der Waals surface area contributed by atoms with E-state index in [1.807, 2.05) is 0 Å². The quantitative estimate of drug-likeness (QED) is 0.840. The minimum absolute atomic E-state index is 0.168. The zero-order valence-electron chi connectivity index (χ0n) is 10.3. The first-order chi connectivity index (χ1) is 8.51. The van der Waals surface area contributed by atoms with Gasteiger partial charge in [0.15, 0.2) is 0 Å². The first-order valence-corrected chi connectivity index (χ1v) is 5.95. The molecule has 18 heavy (non-hydrogen) atoms. The third-order valence-electron chi connectivity index (χ3n) is 3.21. The fourth-order valence-corrected chi connectivity index (χ4v) is 1.93. The molecule has 1 aromatic rings. The van der Waals surface area contributed by atoms with E-state index >= 15 is 0 Å². The van der Waals surface area contributed by atoms with Gasteiger partial charge in [0, 0.05) is 13.2 Å². The Kier molecular flexibility index (Phi) is 3.63. The third kappa shape index (κ3) is 2.68. The molecule has 1 saturated heterocycles. The van der Waals surface area contributed by atoms with Crippen LogP contribution in [-0.2, 0) is 9.53 Å². The molecular formula is C13H17FN2O2. The molecule has 98 valence electrons. The molecule has 1 aromatic carbocycles. The molecule has 4 nitrogen and oxygen atoms in total. The van der Waals surface area contributed by atoms with Gasteiger partial charge in [0.25, 0.3) is 0 Å². The van der Waals surface area contributed by atoms with Crippen molar-refractivity contribution in [2.24, 2.45) is 5.73 Å². The normalized spacial score (nSPS) is 18.4. The molecule has 3 N–H and O–H groups in total. The van der Waals surface area contributed by atoms with Crippen LogP contribution in [0.25, 0.3) is 0 Å². The van der Waals surface area contributed by atoms with Gasteiger partial charge in [-0.15, -0.1) is 0 Å². The highest BCUT2D eigenvalue weighted by molar-refractivity contribution is 5.98. The number of hydrogen-bond acceptors (Lipinski definition) is 3. The van der Waals surface area contributed by atoms with E-state index in [0.29, 0.717) is 26.1 Å². The minimum atomic E-state index is -0.963. The van der Waals surface area contributed by atoms with Gasteiger partial charge in [-0.25, -0.2) is 4.39 Å². The minimum Gasteiger partial charge on any atom is -0.381 e. The number of halogens is 1. The zero-order valence-corrected chi connectivity index (χ0v) is 10.3. The number of benzene rings is 1. The lowest BCUT2D eigenvalue weighted by Crippen LogP contribution is -2.54. The Morgan fingerprint density at radius 2 is 2.11 bits per heavy atom. The maximum atomic E-state index is 13.6. The highest BCUT2D eigenvalue weighted by atomic mass is 19.1. The summed E-state index contributed by atoms with van der Waals surface area (Å²) in [4.78, 5) is 12.1. The Labute approximate surface area is 105 Å². The number of ether oxygens (including phenoxy) is 1. The lowest BCUT2D eigenvalue weighted by Gasteiger charge is -2.31. The van der Waals surface area contributed by atoms with Gasteiger partial charge in [-0.3, -0.25) is 4.79 Å². The van der Waals surface area contributed by atoms with Crippen LogP contribution in [0.2, 0.25) is 0 Å². The molecule has 0 unspecified atom stereocenters. The van der Waals surface area contributed by atoms with Gasteiger partial charge >= 0.3 is 0 Å². The second kappa shape index (κ2) is 5.04. The lowest BCUT2D eigenvalue weighted by molar-refractivity contribution is -0.124. The molecule has 1 aliphatic heterocycles. The summed E-state index contributed by atoms with van der Waals surface area (Å²) in [5.74, 6) is -0.799. The molecule has 0 radical (unpaired) electrons. The van der Waals surface area contributed by atoms with Gasteiger partial charge in [-0.2, -0.15) is 0 Å². The second-order valence-electron chi connectivity index (χ2n) is 4.71. The van der Waals surface area contributed by atoms with E-state index in [9.17, 15) is 9.18 Å². The second-order valence-corrected chi connectivity index (χ2v) is 4.71. The average Bonchev–Trinajstić information content (AvgIpc) is 2.33. The molecule has 0 spiro atoms. The van der Waals surface area contributed by atoms with Crippen LogP contribution in [0.5, 0.6) is 0 Å². The van der Waals surface area contributed by atoms with Crippen LogP contribution < -0.4 is 11.1 Å². The number of carbonyl (C=O) groups is 1. The monoisotopic (exact) mass is 252 g/mol. The molecular weight excluding hydrogens is 235 g/mol. The van der Waals surface area contributed by atoms with E-state index in [4.69, 9.17) is 10.5 Å². The Morgan fingerprint density at radius 3 is 2.72 bits per heavy atom. The maximum absolute atomic E-state index is 13.6. The van der Waals surface area contributed by atoms with Gasteiger partial charge < -0.3 is 15.8 Å². The van der Waals surface area contributed by atoms with Crippen molar-refractivity contribution in [2.45, 2.75) is 25.3 Å². The molecule has 1 heterocycles. The number of rotatable bonds is 2. The standard InChI is InChI=1S/C13H17FN2O2/c1-9-2-3-11(10(14)8-9)16-12(17)13(15)4-6-18-7-5-13/h2-3,8H,4-7,15H2,1H3,(H,16,17). The van der Waals surface area contributed by atoms with Gasteiger partial charge in [0.2, 0.25) is 5.91 Å². The molecule has 5 heteroatoms. The van der Waals surface area contributed by atoms with E-state index in [0.717, 1.165) is 5.56 Å². The smallest absolute Gasteiger partial charge is 0.244 e. The van der Waals surface area contributed by atoms with Crippen molar-refractivity contribution in [1.29, 1.82) is 0 Å². The topological polar surface area (TPSA) is 64.4 Å². The Balaban J connectivity index is 2.11. The van der Waals surface area contributed by atoms with E-state index < -0.39 is 11.4 Å². The predicted octanol–water partition coefficient (Wildman–Crippen LogP) is 1.58. The number of amides is 1. The van der Waals surface area contributed by atoms with Gasteiger partial charge in [0.1, 0.15) is 11.4 Å². The number of anilines is 1. The number of nitrogens with two attached hydrogens (primary N) is 1. The molecule has 2 rings (SSSR count). The van der Waals surface area contributed by atoms with Gasteiger partial charge in [-0.05, 0) is 37.5 Å². The molecule has 0 aliphatic carbocycles. The van der Waals surface area contributed by atoms with Crippen molar-refractivity contribution < 1.29 is 13.9 Å². The molecule has 0 aromatic heterocycles. The van der Waals surface area contributed by atoms with Crippen LogP contribution in [0.4, 0.5) is 10.1 Å². The van der Waals surface area contributed by atoms with Crippen LogP contribution in [-0.4, -0.2) is 24.7 Å². The van der Waals surface area contributed by atoms with E-state index in [2.05, 4.69) is 5.32 Å². The molecule has 1 aliphatic rings. The first-order valence-electron chi connectivity index (χ1n) is 5.95. The summed E-state index contributed by atoms with van der Waals surface area (Å²) >= 11 is 0. The van der Waals surface area contributed by atoms with E-state index in [1.54, 1.807) is 19.1 Å². The Bertz CT molecular complexity index is 456. The van der Waals surface area contributed by atoms with Crippen molar-refractivity contribution in [3.8, 4) is 0 Å². The van der Waals surface area contributed by atoms with Gasteiger partial charge in [0.05, 0.1) is 5.69 Å². The summed E-state index contributed by atoms with van der Waals surface area (Å²) in [6.07, 6.45) is 0.901. The summed E-state index contributed by atoms with van der Waals surface area (Å²) in [5.41, 5.74) is 6.03. The fraction of sp³-hybridized carbons (Fsp3) is 0.462. The number of hydrogen-bond donors (Lipinski definition) is 2. The van der Waals surface area contributed by atoms with Crippen LogP contribution >= 0.6 is 0 Å². The summed E-state index contributed by atoms with van der Waals surface area (Å²) in [7, 11) is 0. The lowest BCUT2D eigenvalue weighted by atomic mass is 9.90. The highest BCUT2D eigenvalue weighted by Crippen LogP contribution is 2.22. The average molecular weight is 252 g/mol. The number of nitrogens with one attached hydrogen (secondary N) is 1. The largest absolute Gasteiger partial charge is 0.381 e. The van der Waals surface area contributed by atoms with Crippen molar-refractivity contribution in [2.75, 3.05) is 18.5 Å². The number of carbonyl (C=O) groups excluding carboxylic acids is 1. The summed E-state index contributed by atoms with van der Waals surface area (Å²) in [6.45, 7) is 2.71. The maximum Gasteiger partial charge on any atom is 0.244 e. The highest BCUT2D eigenvalue weighted by Gasteiger charge is 2.36.